The van der Waals surface area contributed by atoms with Gasteiger partial charge in [0.1, 0.15) is 5.82 Å². The number of esters is 1. The molecule has 2 aromatic rings. The van der Waals surface area contributed by atoms with Crippen LogP contribution in [0.25, 0.3) is 0 Å². The van der Waals surface area contributed by atoms with Crippen LogP contribution in [0.1, 0.15) is 16.2 Å². The molecule has 1 aromatic carbocycles. The molecule has 0 radical (unpaired) electrons. The molecule has 0 fully saturated rings. The average Bonchev–Trinajstić information content (AvgIpc) is 2.99. The van der Waals surface area contributed by atoms with Crippen LogP contribution in [-0.4, -0.2) is 42.8 Å². The summed E-state index contributed by atoms with van der Waals surface area (Å²) in [6, 6.07) is 5.72. The fourth-order valence-electron chi connectivity index (χ4n) is 1.76. The number of carbonyl (C=O) groups is 1. The van der Waals surface area contributed by atoms with Gasteiger partial charge in [-0.1, -0.05) is 6.07 Å². The summed E-state index contributed by atoms with van der Waals surface area (Å²) in [7, 11) is -1.02. The number of sulfonamides is 1. The number of H-pyrrole nitrogens is 1. The lowest BCUT2D eigenvalue weighted by Crippen LogP contribution is -2.27. The molecule has 21 heavy (non-hydrogen) atoms. The standard InChI is InChI=1S/C13H15N3O4S/c1-16(9-12-14-6-7-15-12)21(18,19)11-5-3-4-10(8-11)13(17)20-2/h3-8H,9H2,1-2H3,(H,14,15). The Balaban J connectivity index is 2.28. The Bertz CT molecular complexity index is 726. The van der Waals surface area contributed by atoms with Crippen molar-refractivity contribution in [1.82, 2.24) is 14.3 Å². The molecule has 0 aliphatic heterocycles. The van der Waals surface area contributed by atoms with Gasteiger partial charge in [0.25, 0.3) is 0 Å². The average molecular weight is 309 g/mol. The molecule has 0 saturated heterocycles. The van der Waals surface area contributed by atoms with Crippen molar-refractivity contribution >= 4 is 16.0 Å². The molecule has 2 rings (SSSR count). The molecule has 1 N–H and O–H groups in total. The maximum absolute atomic E-state index is 12.5. The number of rotatable bonds is 5. The van der Waals surface area contributed by atoms with Crippen molar-refractivity contribution in [2.24, 2.45) is 0 Å². The van der Waals surface area contributed by atoms with Gasteiger partial charge in [-0.3, -0.25) is 0 Å². The number of nitrogens with zero attached hydrogens (tertiary/aromatic N) is 2. The zero-order valence-corrected chi connectivity index (χ0v) is 12.4. The van der Waals surface area contributed by atoms with Crippen molar-refractivity contribution in [2.45, 2.75) is 11.4 Å². The van der Waals surface area contributed by atoms with Crippen molar-refractivity contribution in [1.29, 1.82) is 0 Å². The predicted molar refractivity (Wildman–Crippen MR) is 75.0 cm³/mol. The van der Waals surface area contributed by atoms with Crippen LogP contribution in [-0.2, 0) is 21.3 Å². The van der Waals surface area contributed by atoms with E-state index in [9.17, 15) is 13.2 Å². The number of nitrogens with one attached hydrogen (secondary N) is 1. The molecule has 1 heterocycles. The molecule has 0 aliphatic rings. The Morgan fingerprint density at radius 1 is 1.43 bits per heavy atom. The van der Waals surface area contributed by atoms with Crippen LogP contribution in [0.3, 0.4) is 0 Å². The predicted octanol–water partition coefficient (Wildman–Crippen LogP) is 1.02. The van der Waals surface area contributed by atoms with E-state index in [-0.39, 0.29) is 17.0 Å². The van der Waals surface area contributed by atoms with Gasteiger partial charge in [0, 0.05) is 19.4 Å². The van der Waals surface area contributed by atoms with Crippen LogP contribution >= 0.6 is 0 Å². The third-order valence-electron chi connectivity index (χ3n) is 2.89. The number of carbonyl (C=O) groups excluding carboxylic acids is 1. The highest BCUT2D eigenvalue weighted by Gasteiger charge is 2.22. The van der Waals surface area contributed by atoms with Crippen LogP contribution in [0.2, 0.25) is 0 Å². The van der Waals surface area contributed by atoms with Gasteiger partial charge in [0.15, 0.2) is 0 Å². The molecule has 8 heteroatoms. The third kappa shape index (κ3) is 3.29. The van der Waals surface area contributed by atoms with Gasteiger partial charge in [-0.05, 0) is 18.2 Å². The Kier molecular flexibility index (Phi) is 4.39. The third-order valence-corrected chi connectivity index (χ3v) is 4.69. The summed E-state index contributed by atoms with van der Waals surface area (Å²) in [6.45, 7) is 0.109. The molecular weight excluding hydrogens is 294 g/mol. The van der Waals surface area contributed by atoms with E-state index in [1.165, 1.54) is 38.4 Å². The molecule has 0 bridgehead atoms. The first-order chi connectivity index (χ1) is 9.95. The number of imidazole rings is 1. The summed E-state index contributed by atoms with van der Waals surface area (Å²) >= 11 is 0. The number of benzene rings is 1. The Morgan fingerprint density at radius 3 is 2.81 bits per heavy atom. The van der Waals surface area contributed by atoms with Crippen molar-refractivity contribution in [3.8, 4) is 0 Å². The van der Waals surface area contributed by atoms with Gasteiger partial charge in [-0.15, -0.1) is 0 Å². The van der Waals surface area contributed by atoms with Gasteiger partial charge in [-0.25, -0.2) is 18.2 Å². The number of aromatic nitrogens is 2. The smallest absolute Gasteiger partial charge is 0.337 e. The van der Waals surface area contributed by atoms with Crippen LogP contribution in [0.15, 0.2) is 41.6 Å². The van der Waals surface area contributed by atoms with Crippen molar-refractivity contribution in [2.75, 3.05) is 14.2 Å². The summed E-state index contributed by atoms with van der Waals surface area (Å²) in [5.41, 5.74) is 0.185. The molecule has 0 amide bonds. The van der Waals surface area contributed by atoms with E-state index < -0.39 is 16.0 Å². The fraction of sp³-hybridized carbons (Fsp3) is 0.231. The number of aromatic amines is 1. The van der Waals surface area contributed by atoms with Crippen molar-refractivity contribution in [3.05, 3.63) is 48.0 Å². The lowest BCUT2D eigenvalue weighted by atomic mass is 10.2. The van der Waals surface area contributed by atoms with E-state index >= 15 is 0 Å². The van der Waals surface area contributed by atoms with E-state index in [0.29, 0.717) is 5.82 Å². The van der Waals surface area contributed by atoms with Crippen LogP contribution in [0.4, 0.5) is 0 Å². The molecule has 0 aliphatic carbocycles. The molecule has 0 saturated carbocycles. The van der Waals surface area contributed by atoms with Gasteiger partial charge in [0.2, 0.25) is 10.0 Å². The fourth-order valence-corrected chi connectivity index (χ4v) is 2.94. The maximum atomic E-state index is 12.5. The number of hydrogen-bond donors (Lipinski definition) is 1. The van der Waals surface area contributed by atoms with E-state index in [1.807, 2.05) is 0 Å². The molecule has 1 aromatic heterocycles. The zero-order chi connectivity index (χ0) is 15.5. The van der Waals surface area contributed by atoms with Crippen LogP contribution in [0.5, 0.6) is 0 Å². The minimum atomic E-state index is -3.71. The Morgan fingerprint density at radius 2 is 2.19 bits per heavy atom. The second-order valence-corrected chi connectivity index (χ2v) is 6.36. The van der Waals surface area contributed by atoms with E-state index in [4.69, 9.17) is 0 Å². The Labute approximate surface area is 122 Å². The number of ether oxygens (including phenoxy) is 1. The summed E-state index contributed by atoms with van der Waals surface area (Å²) in [5.74, 6) is -0.0501. The van der Waals surface area contributed by atoms with Gasteiger partial charge in [-0.2, -0.15) is 4.31 Å². The molecule has 0 atom stereocenters. The SMILES string of the molecule is COC(=O)c1cccc(S(=O)(=O)N(C)Cc2ncc[nH]2)c1. The highest BCUT2D eigenvalue weighted by Crippen LogP contribution is 2.17. The minimum Gasteiger partial charge on any atom is -0.465 e. The zero-order valence-electron chi connectivity index (χ0n) is 11.6. The quantitative estimate of drug-likeness (QED) is 0.832. The first-order valence-corrected chi connectivity index (χ1v) is 7.52. The second kappa shape index (κ2) is 6.06. The van der Waals surface area contributed by atoms with Crippen molar-refractivity contribution < 1.29 is 17.9 Å². The van der Waals surface area contributed by atoms with Gasteiger partial charge < -0.3 is 9.72 Å². The summed E-state index contributed by atoms with van der Waals surface area (Å²) < 4.78 is 30.6. The molecule has 112 valence electrons. The lowest BCUT2D eigenvalue weighted by Gasteiger charge is -2.16. The minimum absolute atomic E-state index is 0.0273. The summed E-state index contributed by atoms with van der Waals surface area (Å²) in [5, 5.41) is 0. The van der Waals surface area contributed by atoms with Crippen molar-refractivity contribution in [3.63, 3.8) is 0 Å². The summed E-state index contributed by atoms with van der Waals surface area (Å²) in [6.07, 6.45) is 3.17. The number of hydrogen-bond acceptors (Lipinski definition) is 5. The molecule has 7 nitrogen and oxygen atoms in total. The summed E-state index contributed by atoms with van der Waals surface area (Å²) in [4.78, 5) is 18.3. The number of methoxy groups -OCH3 is 1. The first kappa shape index (κ1) is 15.2. The topological polar surface area (TPSA) is 92.4 Å². The van der Waals surface area contributed by atoms with Gasteiger partial charge in [0.05, 0.1) is 24.1 Å². The Hall–Kier alpha value is -2.19. The van der Waals surface area contributed by atoms with E-state index in [0.717, 1.165) is 4.31 Å². The normalized spacial score (nSPS) is 11.6. The molecular formula is C13H15N3O4S. The molecule has 0 unspecified atom stereocenters. The van der Waals surface area contributed by atoms with E-state index in [1.54, 1.807) is 12.4 Å². The van der Waals surface area contributed by atoms with Crippen LogP contribution < -0.4 is 0 Å². The maximum Gasteiger partial charge on any atom is 0.337 e. The second-order valence-electron chi connectivity index (χ2n) is 4.32. The van der Waals surface area contributed by atoms with Gasteiger partial charge >= 0.3 is 5.97 Å². The van der Waals surface area contributed by atoms with E-state index in [2.05, 4.69) is 14.7 Å². The monoisotopic (exact) mass is 309 g/mol. The molecule has 0 spiro atoms. The van der Waals surface area contributed by atoms with Crippen LogP contribution in [0, 0.1) is 0 Å². The largest absolute Gasteiger partial charge is 0.465 e. The lowest BCUT2D eigenvalue weighted by molar-refractivity contribution is 0.0600. The highest BCUT2D eigenvalue weighted by atomic mass is 32.2. The highest BCUT2D eigenvalue weighted by molar-refractivity contribution is 7.89. The first-order valence-electron chi connectivity index (χ1n) is 6.08.